The molecule has 3 rings (SSSR count). The summed E-state index contributed by atoms with van der Waals surface area (Å²) in [5.41, 5.74) is 1.73. The van der Waals surface area contributed by atoms with Gasteiger partial charge in [-0.25, -0.2) is 13.4 Å². The number of benzene rings is 2. The van der Waals surface area contributed by atoms with Crippen molar-refractivity contribution in [2.75, 3.05) is 0 Å². The Morgan fingerprint density at radius 3 is 2.47 bits per heavy atom. The molecule has 2 unspecified atom stereocenters. The minimum Gasteiger partial charge on any atom is -0.348 e. The first-order valence-corrected chi connectivity index (χ1v) is 12.2. The van der Waals surface area contributed by atoms with Crippen LogP contribution in [0.3, 0.4) is 0 Å². The van der Waals surface area contributed by atoms with Gasteiger partial charge in [-0.2, -0.15) is 4.72 Å². The van der Waals surface area contributed by atoms with E-state index in [0.717, 1.165) is 20.8 Å². The number of amides is 1. The lowest BCUT2D eigenvalue weighted by atomic mass is 10.0. The Morgan fingerprint density at radius 1 is 1.10 bits per heavy atom. The fourth-order valence-corrected chi connectivity index (χ4v) is 5.44. The fourth-order valence-electron chi connectivity index (χ4n) is 3.26. The van der Waals surface area contributed by atoms with Gasteiger partial charge in [-0.3, -0.25) is 4.79 Å². The van der Waals surface area contributed by atoms with Crippen LogP contribution in [0.1, 0.15) is 43.8 Å². The number of fused-ring (bicyclic) bond motifs is 1. The largest absolute Gasteiger partial charge is 0.348 e. The molecule has 0 aliphatic carbocycles. The molecule has 0 spiro atoms. The molecule has 2 atom stereocenters. The number of aryl methyl sites for hydroxylation is 1. The SMILES string of the molecule is Cc1nc2ccc(S(=O)(=O)NC(CC(C)C)C(=O)NC(C)c3ccccc3)cc2s1. The maximum atomic E-state index is 13.0. The van der Waals surface area contributed by atoms with Crippen LogP contribution in [0.2, 0.25) is 0 Å². The van der Waals surface area contributed by atoms with Crippen LogP contribution in [0.15, 0.2) is 53.4 Å². The molecule has 1 aromatic heterocycles. The van der Waals surface area contributed by atoms with Gasteiger partial charge in [-0.05, 0) is 49.9 Å². The van der Waals surface area contributed by atoms with Crippen molar-refractivity contribution in [3.05, 3.63) is 59.1 Å². The highest BCUT2D eigenvalue weighted by Gasteiger charge is 2.28. The number of sulfonamides is 1. The van der Waals surface area contributed by atoms with Crippen molar-refractivity contribution >= 4 is 37.5 Å². The van der Waals surface area contributed by atoms with Crippen LogP contribution < -0.4 is 10.0 Å². The summed E-state index contributed by atoms with van der Waals surface area (Å²) < 4.78 is 29.5. The number of carbonyl (C=O) groups excluding carboxylic acids is 1. The van der Waals surface area contributed by atoms with Gasteiger partial charge < -0.3 is 5.32 Å². The fraction of sp³-hybridized carbons (Fsp3) is 0.364. The van der Waals surface area contributed by atoms with E-state index in [2.05, 4.69) is 15.0 Å². The third-order valence-electron chi connectivity index (χ3n) is 4.76. The molecule has 0 aliphatic heterocycles. The molecule has 0 saturated carbocycles. The van der Waals surface area contributed by atoms with Gasteiger partial charge in [0.15, 0.2) is 0 Å². The van der Waals surface area contributed by atoms with Gasteiger partial charge >= 0.3 is 0 Å². The molecular formula is C22H27N3O3S2. The van der Waals surface area contributed by atoms with Gasteiger partial charge in [0.05, 0.1) is 26.2 Å². The summed E-state index contributed by atoms with van der Waals surface area (Å²) in [5, 5.41) is 3.81. The van der Waals surface area contributed by atoms with E-state index in [9.17, 15) is 13.2 Å². The molecule has 1 amide bonds. The highest BCUT2D eigenvalue weighted by molar-refractivity contribution is 7.89. The quantitative estimate of drug-likeness (QED) is 0.545. The Balaban J connectivity index is 1.80. The lowest BCUT2D eigenvalue weighted by Gasteiger charge is -2.23. The molecule has 3 aromatic rings. The van der Waals surface area contributed by atoms with Crippen molar-refractivity contribution in [2.24, 2.45) is 5.92 Å². The van der Waals surface area contributed by atoms with Crippen LogP contribution in [-0.2, 0) is 14.8 Å². The van der Waals surface area contributed by atoms with Gasteiger partial charge in [0.2, 0.25) is 15.9 Å². The van der Waals surface area contributed by atoms with E-state index in [0.29, 0.717) is 6.42 Å². The predicted octanol–water partition coefficient (Wildman–Crippen LogP) is 4.18. The highest BCUT2D eigenvalue weighted by Crippen LogP contribution is 2.25. The molecule has 160 valence electrons. The highest BCUT2D eigenvalue weighted by atomic mass is 32.2. The molecule has 8 heteroatoms. The van der Waals surface area contributed by atoms with Crippen LogP contribution in [0.4, 0.5) is 0 Å². The lowest BCUT2D eigenvalue weighted by Crippen LogP contribution is -2.47. The number of nitrogens with zero attached hydrogens (tertiary/aromatic N) is 1. The van der Waals surface area contributed by atoms with Crippen molar-refractivity contribution in [3.8, 4) is 0 Å². The monoisotopic (exact) mass is 445 g/mol. The zero-order valence-electron chi connectivity index (χ0n) is 17.5. The third kappa shape index (κ3) is 5.44. The summed E-state index contributed by atoms with van der Waals surface area (Å²) in [6, 6.07) is 13.3. The normalized spacial score (nSPS) is 14.0. The van der Waals surface area contributed by atoms with E-state index in [-0.39, 0.29) is 22.8 Å². The average Bonchev–Trinajstić information content (AvgIpc) is 3.06. The number of hydrogen-bond donors (Lipinski definition) is 2. The van der Waals surface area contributed by atoms with E-state index in [1.165, 1.54) is 17.4 Å². The Bertz CT molecular complexity index is 1120. The first-order valence-electron chi connectivity index (χ1n) is 9.90. The van der Waals surface area contributed by atoms with Crippen molar-refractivity contribution in [1.29, 1.82) is 0 Å². The van der Waals surface area contributed by atoms with E-state index >= 15 is 0 Å². The summed E-state index contributed by atoms with van der Waals surface area (Å²) in [6.45, 7) is 7.69. The van der Waals surface area contributed by atoms with Crippen LogP contribution in [0.25, 0.3) is 10.2 Å². The maximum absolute atomic E-state index is 13.0. The van der Waals surface area contributed by atoms with Crippen molar-refractivity contribution in [1.82, 2.24) is 15.0 Å². The standard InChI is InChI=1S/C22H27N3O3S2/c1-14(2)12-20(22(26)23-15(3)17-8-6-5-7-9-17)25-30(27,28)18-10-11-19-21(13-18)29-16(4)24-19/h5-11,13-15,20,25H,12H2,1-4H3,(H,23,26). The van der Waals surface area contributed by atoms with E-state index in [1.54, 1.807) is 12.1 Å². The molecule has 30 heavy (non-hydrogen) atoms. The summed E-state index contributed by atoms with van der Waals surface area (Å²) >= 11 is 1.44. The van der Waals surface area contributed by atoms with Crippen LogP contribution in [0.5, 0.6) is 0 Å². The number of aromatic nitrogens is 1. The Kier molecular flexibility index (Phi) is 6.90. The molecule has 0 fully saturated rings. The molecule has 2 aromatic carbocycles. The van der Waals surface area contributed by atoms with Crippen LogP contribution in [0, 0.1) is 12.8 Å². The predicted molar refractivity (Wildman–Crippen MR) is 121 cm³/mol. The van der Waals surface area contributed by atoms with Gasteiger partial charge in [0.25, 0.3) is 0 Å². The topological polar surface area (TPSA) is 88.2 Å². The van der Waals surface area contributed by atoms with E-state index in [1.807, 2.05) is 58.0 Å². The third-order valence-corrected chi connectivity index (χ3v) is 7.16. The van der Waals surface area contributed by atoms with E-state index < -0.39 is 16.1 Å². The molecular weight excluding hydrogens is 418 g/mol. The number of rotatable bonds is 8. The smallest absolute Gasteiger partial charge is 0.241 e. The molecule has 2 N–H and O–H groups in total. The second-order valence-electron chi connectivity index (χ2n) is 7.81. The first-order chi connectivity index (χ1) is 14.2. The second-order valence-corrected chi connectivity index (χ2v) is 10.8. The molecule has 0 radical (unpaired) electrons. The summed E-state index contributed by atoms with van der Waals surface area (Å²) in [6.07, 6.45) is 0.397. The Labute approximate surface area is 181 Å². The van der Waals surface area contributed by atoms with Crippen molar-refractivity contribution in [3.63, 3.8) is 0 Å². The van der Waals surface area contributed by atoms with Gasteiger partial charge in [-0.1, -0.05) is 44.2 Å². The zero-order chi connectivity index (χ0) is 21.9. The Morgan fingerprint density at radius 2 is 1.80 bits per heavy atom. The maximum Gasteiger partial charge on any atom is 0.241 e. The van der Waals surface area contributed by atoms with Crippen molar-refractivity contribution in [2.45, 2.75) is 51.1 Å². The minimum atomic E-state index is -3.86. The molecule has 0 saturated heterocycles. The van der Waals surface area contributed by atoms with Crippen LogP contribution in [-0.4, -0.2) is 25.4 Å². The van der Waals surface area contributed by atoms with Crippen LogP contribution >= 0.6 is 11.3 Å². The second kappa shape index (κ2) is 9.24. The number of thiazole rings is 1. The number of nitrogens with one attached hydrogen (secondary N) is 2. The first kappa shape index (κ1) is 22.4. The lowest BCUT2D eigenvalue weighted by molar-refractivity contribution is -0.123. The minimum absolute atomic E-state index is 0.135. The molecule has 0 aliphatic rings. The molecule has 1 heterocycles. The molecule has 6 nitrogen and oxygen atoms in total. The number of hydrogen-bond acceptors (Lipinski definition) is 5. The summed E-state index contributed by atoms with van der Waals surface area (Å²) in [5.74, 6) is -0.194. The Hall–Kier alpha value is -2.29. The summed E-state index contributed by atoms with van der Waals surface area (Å²) in [4.78, 5) is 17.4. The van der Waals surface area contributed by atoms with E-state index in [4.69, 9.17) is 0 Å². The number of carbonyl (C=O) groups is 1. The summed E-state index contributed by atoms with van der Waals surface area (Å²) in [7, 11) is -3.86. The molecule has 0 bridgehead atoms. The zero-order valence-corrected chi connectivity index (χ0v) is 19.2. The van der Waals surface area contributed by atoms with Gasteiger partial charge in [-0.15, -0.1) is 11.3 Å². The van der Waals surface area contributed by atoms with Gasteiger partial charge in [0.1, 0.15) is 6.04 Å². The average molecular weight is 446 g/mol. The van der Waals surface area contributed by atoms with Gasteiger partial charge in [0, 0.05) is 0 Å². The van der Waals surface area contributed by atoms with Crippen molar-refractivity contribution < 1.29 is 13.2 Å².